The lowest BCUT2D eigenvalue weighted by molar-refractivity contribution is 0.202. The number of amides is 2. The summed E-state index contributed by atoms with van der Waals surface area (Å²) >= 11 is 0. The van der Waals surface area contributed by atoms with E-state index in [0.29, 0.717) is 19.6 Å². The lowest BCUT2D eigenvalue weighted by atomic mass is 9.99. The van der Waals surface area contributed by atoms with Crippen molar-refractivity contribution < 1.29 is 9.90 Å². The Kier molecular flexibility index (Phi) is 5.02. The summed E-state index contributed by atoms with van der Waals surface area (Å²) in [4.78, 5) is 19.1. The number of aromatic hydroxyl groups is 1. The molecule has 4 rings (SSSR count). The minimum Gasteiger partial charge on any atom is -0.508 e. The number of phenols is 1. The van der Waals surface area contributed by atoms with Crippen LogP contribution in [0.1, 0.15) is 24.7 Å². The van der Waals surface area contributed by atoms with Crippen molar-refractivity contribution >= 4 is 22.6 Å². The summed E-state index contributed by atoms with van der Waals surface area (Å²) in [6, 6.07) is 15.1. The number of carbonyl (C=O) groups is 1. The SMILES string of the molecule is CCn1c(CNC(=O)N2CC=C(c3ccc(O)cc3)CC2)nc2ccccc21. The van der Waals surface area contributed by atoms with Gasteiger partial charge < -0.3 is 19.9 Å². The number of carbonyl (C=O) groups excluding carboxylic acids is 1. The third-order valence-corrected chi connectivity index (χ3v) is 5.18. The zero-order valence-corrected chi connectivity index (χ0v) is 15.9. The first-order valence-electron chi connectivity index (χ1n) is 9.61. The molecular weight excluding hydrogens is 352 g/mol. The number of para-hydroxylation sites is 2. The number of nitrogens with one attached hydrogen (secondary N) is 1. The molecule has 2 N–H and O–H groups in total. The maximum atomic E-state index is 12.6. The van der Waals surface area contributed by atoms with E-state index in [1.807, 2.05) is 35.2 Å². The maximum Gasteiger partial charge on any atom is 0.318 e. The van der Waals surface area contributed by atoms with Crippen molar-refractivity contribution in [2.75, 3.05) is 13.1 Å². The van der Waals surface area contributed by atoms with E-state index in [4.69, 9.17) is 0 Å². The quantitative estimate of drug-likeness (QED) is 0.728. The Morgan fingerprint density at radius 2 is 1.96 bits per heavy atom. The predicted molar refractivity (Wildman–Crippen MR) is 110 cm³/mol. The summed E-state index contributed by atoms with van der Waals surface area (Å²) < 4.78 is 2.13. The Balaban J connectivity index is 1.39. The average molecular weight is 376 g/mol. The first-order chi connectivity index (χ1) is 13.7. The van der Waals surface area contributed by atoms with E-state index in [1.54, 1.807) is 12.1 Å². The van der Waals surface area contributed by atoms with Gasteiger partial charge in [0.1, 0.15) is 11.6 Å². The fourth-order valence-corrected chi connectivity index (χ4v) is 3.67. The number of hydrogen-bond acceptors (Lipinski definition) is 3. The smallest absolute Gasteiger partial charge is 0.318 e. The van der Waals surface area contributed by atoms with Crippen LogP contribution in [0.5, 0.6) is 5.75 Å². The van der Waals surface area contributed by atoms with Gasteiger partial charge in [0.15, 0.2) is 0 Å². The van der Waals surface area contributed by atoms with Crippen molar-refractivity contribution in [3.8, 4) is 5.75 Å². The van der Waals surface area contributed by atoms with Gasteiger partial charge in [-0.05, 0) is 48.7 Å². The zero-order chi connectivity index (χ0) is 19.5. The number of fused-ring (bicyclic) bond motifs is 1. The van der Waals surface area contributed by atoms with Gasteiger partial charge in [-0.15, -0.1) is 0 Å². The van der Waals surface area contributed by atoms with Gasteiger partial charge in [-0.2, -0.15) is 0 Å². The molecule has 0 radical (unpaired) electrons. The highest BCUT2D eigenvalue weighted by Crippen LogP contribution is 2.24. The molecule has 28 heavy (non-hydrogen) atoms. The molecule has 2 aromatic carbocycles. The minimum atomic E-state index is -0.0734. The van der Waals surface area contributed by atoms with E-state index in [1.165, 1.54) is 5.57 Å². The zero-order valence-electron chi connectivity index (χ0n) is 15.9. The van der Waals surface area contributed by atoms with Crippen molar-refractivity contribution in [2.24, 2.45) is 0 Å². The number of nitrogens with zero attached hydrogens (tertiary/aromatic N) is 3. The van der Waals surface area contributed by atoms with Crippen molar-refractivity contribution in [3.63, 3.8) is 0 Å². The Morgan fingerprint density at radius 3 is 2.68 bits per heavy atom. The molecule has 0 atom stereocenters. The number of benzene rings is 2. The molecule has 0 spiro atoms. The van der Waals surface area contributed by atoms with E-state index in [9.17, 15) is 9.90 Å². The van der Waals surface area contributed by atoms with E-state index >= 15 is 0 Å². The lowest BCUT2D eigenvalue weighted by Gasteiger charge is -2.27. The molecule has 144 valence electrons. The molecule has 6 heteroatoms. The lowest BCUT2D eigenvalue weighted by Crippen LogP contribution is -2.42. The first-order valence-corrected chi connectivity index (χ1v) is 9.61. The van der Waals surface area contributed by atoms with Crippen LogP contribution in [0.3, 0.4) is 0 Å². The average Bonchev–Trinajstić information content (AvgIpc) is 3.10. The van der Waals surface area contributed by atoms with E-state index < -0.39 is 0 Å². The standard InChI is InChI=1S/C22H24N4O2/c1-2-26-20-6-4-3-5-19(20)24-21(26)15-23-22(28)25-13-11-17(12-14-25)16-7-9-18(27)10-8-16/h3-11,27H,2,12-15H2,1H3,(H,23,28). The minimum absolute atomic E-state index is 0.0734. The van der Waals surface area contributed by atoms with Gasteiger partial charge >= 0.3 is 6.03 Å². The van der Waals surface area contributed by atoms with Crippen LogP contribution in [0.25, 0.3) is 16.6 Å². The highest BCUT2D eigenvalue weighted by molar-refractivity contribution is 5.78. The third-order valence-electron chi connectivity index (χ3n) is 5.18. The number of aromatic nitrogens is 2. The second kappa shape index (κ2) is 7.76. The molecule has 2 heterocycles. The first kappa shape index (κ1) is 18.1. The summed E-state index contributed by atoms with van der Waals surface area (Å²) in [6.45, 7) is 4.55. The highest BCUT2D eigenvalue weighted by atomic mass is 16.3. The van der Waals surface area contributed by atoms with Crippen molar-refractivity contribution in [3.05, 3.63) is 66.0 Å². The molecule has 0 fully saturated rings. The van der Waals surface area contributed by atoms with E-state index in [2.05, 4.69) is 33.9 Å². The maximum absolute atomic E-state index is 12.6. The van der Waals surface area contributed by atoms with Gasteiger partial charge in [0, 0.05) is 19.6 Å². The normalized spacial score (nSPS) is 14.2. The van der Waals surface area contributed by atoms with Crippen LogP contribution in [-0.4, -0.2) is 38.7 Å². The summed E-state index contributed by atoms with van der Waals surface area (Å²) in [7, 11) is 0. The van der Waals surface area contributed by atoms with Crippen molar-refractivity contribution in [1.29, 1.82) is 0 Å². The largest absolute Gasteiger partial charge is 0.508 e. The molecule has 0 saturated heterocycles. The molecule has 1 aliphatic heterocycles. The molecule has 0 bridgehead atoms. The summed E-state index contributed by atoms with van der Waals surface area (Å²) in [6.07, 6.45) is 2.88. The van der Waals surface area contributed by atoms with Crippen LogP contribution in [0.15, 0.2) is 54.6 Å². The molecule has 1 aromatic heterocycles. The van der Waals surface area contributed by atoms with Gasteiger partial charge in [0.25, 0.3) is 0 Å². The Labute approximate surface area is 164 Å². The van der Waals surface area contributed by atoms with Gasteiger partial charge in [0.2, 0.25) is 0 Å². The summed E-state index contributed by atoms with van der Waals surface area (Å²) in [5, 5.41) is 12.4. The second-order valence-corrected chi connectivity index (χ2v) is 6.89. The predicted octanol–water partition coefficient (Wildman–Crippen LogP) is 3.76. The molecule has 0 saturated carbocycles. The van der Waals surface area contributed by atoms with E-state index in [-0.39, 0.29) is 11.8 Å². The Morgan fingerprint density at radius 1 is 1.18 bits per heavy atom. The number of urea groups is 1. The highest BCUT2D eigenvalue weighted by Gasteiger charge is 2.18. The topological polar surface area (TPSA) is 70.4 Å². The second-order valence-electron chi connectivity index (χ2n) is 6.89. The van der Waals surface area contributed by atoms with Crippen LogP contribution in [-0.2, 0) is 13.1 Å². The van der Waals surface area contributed by atoms with E-state index in [0.717, 1.165) is 35.4 Å². The molecule has 3 aromatic rings. The van der Waals surface area contributed by atoms with Crippen LogP contribution in [0.2, 0.25) is 0 Å². The van der Waals surface area contributed by atoms with Crippen LogP contribution >= 0.6 is 0 Å². The number of aryl methyl sites for hydroxylation is 1. The number of imidazole rings is 1. The van der Waals surface area contributed by atoms with Gasteiger partial charge in [-0.25, -0.2) is 9.78 Å². The number of hydrogen-bond donors (Lipinski definition) is 2. The Bertz CT molecular complexity index is 1020. The fourth-order valence-electron chi connectivity index (χ4n) is 3.67. The molecular formula is C22H24N4O2. The van der Waals surface area contributed by atoms with Gasteiger partial charge in [0.05, 0.1) is 17.6 Å². The summed E-state index contributed by atoms with van der Waals surface area (Å²) in [5.41, 5.74) is 4.34. The van der Waals surface area contributed by atoms with Crippen LogP contribution in [0.4, 0.5) is 4.79 Å². The van der Waals surface area contributed by atoms with Crippen LogP contribution < -0.4 is 5.32 Å². The van der Waals surface area contributed by atoms with Gasteiger partial charge in [-0.1, -0.05) is 30.3 Å². The molecule has 0 aliphatic carbocycles. The number of rotatable bonds is 4. The Hall–Kier alpha value is -3.28. The van der Waals surface area contributed by atoms with Crippen LogP contribution in [0, 0.1) is 0 Å². The van der Waals surface area contributed by atoms with Gasteiger partial charge in [-0.3, -0.25) is 0 Å². The third kappa shape index (κ3) is 3.58. The molecule has 2 amide bonds. The summed E-state index contributed by atoms with van der Waals surface area (Å²) in [5.74, 6) is 1.13. The van der Waals surface area contributed by atoms with Crippen molar-refractivity contribution in [1.82, 2.24) is 19.8 Å². The number of phenolic OH excluding ortho intramolecular Hbond substituents is 1. The van der Waals surface area contributed by atoms with Crippen molar-refractivity contribution in [2.45, 2.75) is 26.4 Å². The fraction of sp³-hybridized carbons (Fsp3) is 0.273. The monoisotopic (exact) mass is 376 g/mol. The molecule has 6 nitrogen and oxygen atoms in total. The molecule has 1 aliphatic rings. The molecule has 0 unspecified atom stereocenters.